The first kappa shape index (κ1) is 29.6. The van der Waals surface area contributed by atoms with Crippen LogP contribution in [-0.4, -0.2) is 46.1 Å². The van der Waals surface area contributed by atoms with E-state index in [1.807, 2.05) is 6.07 Å². The van der Waals surface area contributed by atoms with Crippen molar-refractivity contribution in [3.63, 3.8) is 0 Å². The first-order valence-electron chi connectivity index (χ1n) is 13.0. The highest BCUT2D eigenvalue weighted by Gasteiger charge is 2.46. The highest BCUT2D eigenvalue weighted by atomic mass is 32.2. The Bertz CT molecular complexity index is 726. The Hall–Kier alpha value is -0.633. The first-order chi connectivity index (χ1) is 16.1. The predicted octanol–water partition coefficient (Wildman–Crippen LogP) is 7.79. The number of hydrogen-bond acceptors (Lipinski definition) is 5. The average molecular weight is 509 g/mol. The summed E-state index contributed by atoms with van der Waals surface area (Å²) in [6.45, 7) is 14.4. The molecule has 4 nitrogen and oxygen atoms in total. The van der Waals surface area contributed by atoms with Gasteiger partial charge in [0, 0.05) is 30.4 Å². The van der Waals surface area contributed by atoms with Gasteiger partial charge in [-0.1, -0.05) is 84.3 Å². The molecule has 0 aliphatic heterocycles. The van der Waals surface area contributed by atoms with Crippen LogP contribution >= 0.6 is 11.8 Å². The normalized spacial score (nSPS) is 22.4. The van der Waals surface area contributed by atoms with E-state index in [0.717, 1.165) is 35.5 Å². The van der Waals surface area contributed by atoms with E-state index < -0.39 is 13.9 Å². The zero-order valence-corrected chi connectivity index (χ0v) is 24.5. The minimum atomic E-state index is -1.99. The van der Waals surface area contributed by atoms with Gasteiger partial charge in [0.25, 0.3) is 0 Å². The molecule has 1 saturated carbocycles. The lowest BCUT2D eigenvalue weighted by molar-refractivity contribution is -0.134. The highest BCUT2D eigenvalue weighted by Crippen LogP contribution is 2.48. The molecule has 0 bridgehead atoms. The fourth-order valence-electron chi connectivity index (χ4n) is 6.07. The van der Waals surface area contributed by atoms with Gasteiger partial charge in [-0.2, -0.15) is 0 Å². The summed E-state index contributed by atoms with van der Waals surface area (Å²) in [5.41, 5.74) is 0.678. The van der Waals surface area contributed by atoms with Crippen LogP contribution in [0.25, 0.3) is 0 Å². The molecular formula is C28H48O4SSi. The maximum Gasteiger partial charge on any atom is 0.200 e. The summed E-state index contributed by atoms with van der Waals surface area (Å²) in [6, 6.07) is 10.4. The van der Waals surface area contributed by atoms with Crippen LogP contribution in [0.1, 0.15) is 73.6 Å². The molecule has 2 atom stereocenters. The molecule has 2 rings (SSSR count). The second-order valence-corrected chi connectivity index (χ2v) is 17.2. The van der Waals surface area contributed by atoms with Gasteiger partial charge in [0.1, 0.15) is 0 Å². The Kier molecular flexibility index (Phi) is 11.8. The predicted molar refractivity (Wildman–Crippen MR) is 147 cm³/mol. The molecule has 1 fully saturated rings. The summed E-state index contributed by atoms with van der Waals surface area (Å²) in [5, 5.41) is 12.2. The third-order valence-electron chi connectivity index (χ3n) is 7.75. The van der Waals surface area contributed by atoms with Gasteiger partial charge in [-0.25, -0.2) is 0 Å². The number of benzene rings is 1. The summed E-state index contributed by atoms with van der Waals surface area (Å²) >= 11 is 1.68. The second-order valence-electron chi connectivity index (χ2n) is 10.6. The van der Waals surface area contributed by atoms with E-state index in [1.54, 1.807) is 26.0 Å². The van der Waals surface area contributed by atoms with Crippen LogP contribution in [0.5, 0.6) is 0 Å². The summed E-state index contributed by atoms with van der Waals surface area (Å²) in [7, 11) is 1.36. The third-order valence-corrected chi connectivity index (χ3v) is 15.1. The van der Waals surface area contributed by atoms with Crippen molar-refractivity contribution >= 4 is 20.1 Å². The Morgan fingerprint density at radius 3 is 2.15 bits per heavy atom. The lowest BCUT2D eigenvalue weighted by Crippen LogP contribution is -2.48. The van der Waals surface area contributed by atoms with Gasteiger partial charge in [-0.3, -0.25) is 0 Å². The molecule has 0 spiro atoms. The van der Waals surface area contributed by atoms with Crippen LogP contribution in [-0.2, 0) is 13.9 Å². The smallest absolute Gasteiger partial charge is 0.200 e. The van der Waals surface area contributed by atoms with Crippen LogP contribution in [0.4, 0.5) is 0 Å². The molecule has 1 N–H and O–H groups in total. The van der Waals surface area contributed by atoms with Crippen molar-refractivity contribution < 1.29 is 19.0 Å². The monoisotopic (exact) mass is 508 g/mol. The van der Waals surface area contributed by atoms with Crippen molar-refractivity contribution in [2.45, 2.75) is 107 Å². The molecule has 0 saturated heterocycles. The Morgan fingerprint density at radius 1 is 1.03 bits per heavy atom. The molecule has 194 valence electrons. The lowest BCUT2D eigenvalue weighted by atomic mass is 9.73. The van der Waals surface area contributed by atoms with Crippen LogP contribution in [0.3, 0.4) is 0 Å². The number of rotatable bonds is 13. The maximum atomic E-state index is 12.2. The topological polar surface area (TPSA) is 47.9 Å². The average Bonchev–Trinajstić information content (AvgIpc) is 2.80. The zero-order chi connectivity index (χ0) is 25.4. The fraction of sp³-hybridized carbons (Fsp3) is 0.714. The molecule has 6 heteroatoms. The largest absolute Gasteiger partial charge is 0.412 e. The second kappa shape index (κ2) is 13.6. The fourth-order valence-corrected chi connectivity index (χ4v) is 12.6. The maximum absolute atomic E-state index is 12.2. The first-order valence-corrected chi connectivity index (χ1v) is 15.9. The van der Waals surface area contributed by atoms with Crippen molar-refractivity contribution in [3.8, 4) is 0 Å². The number of thioether (sulfide) groups is 1. The SMILES string of the molecule is COC(C[C@H]1CCCC[C@]1(O)C(=CCO[Si](C(C)C)(C(C)C)C(C)C)Sc1ccccc1)OC. The van der Waals surface area contributed by atoms with Crippen LogP contribution in [0.15, 0.2) is 46.2 Å². The van der Waals surface area contributed by atoms with Crippen molar-refractivity contribution in [1.29, 1.82) is 0 Å². The van der Waals surface area contributed by atoms with Gasteiger partial charge in [-0.05, 0) is 53.6 Å². The van der Waals surface area contributed by atoms with Gasteiger partial charge < -0.3 is 19.0 Å². The summed E-state index contributed by atoms with van der Waals surface area (Å²) in [4.78, 5) is 2.15. The van der Waals surface area contributed by atoms with E-state index in [-0.39, 0.29) is 12.2 Å². The molecule has 0 heterocycles. The van der Waals surface area contributed by atoms with Crippen LogP contribution in [0, 0.1) is 5.92 Å². The molecule has 0 unspecified atom stereocenters. The molecule has 1 aliphatic rings. The van der Waals surface area contributed by atoms with Gasteiger partial charge in [0.05, 0.1) is 12.2 Å². The third kappa shape index (κ3) is 6.98. The van der Waals surface area contributed by atoms with E-state index in [0.29, 0.717) is 29.7 Å². The number of aliphatic hydroxyl groups is 1. The van der Waals surface area contributed by atoms with Crippen LogP contribution < -0.4 is 0 Å². The van der Waals surface area contributed by atoms with Gasteiger partial charge >= 0.3 is 0 Å². The van der Waals surface area contributed by atoms with Gasteiger partial charge in [-0.15, -0.1) is 0 Å². The van der Waals surface area contributed by atoms with Crippen molar-refractivity contribution in [2.24, 2.45) is 5.92 Å². The quantitative estimate of drug-likeness (QED) is 0.167. The van der Waals surface area contributed by atoms with Crippen LogP contribution in [0.2, 0.25) is 16.6 Å². The Morgan fingerprint density at radius 2 is 1.62 bits per heavy atom. The molecular weight excluding hydrogens is 460 g/mol. The summed E-state index contributed by atoms with van der Waals surface area (Å²) in [5.74, 6) is 0.0795. The van der Waals surface area contributed by atoms with E-state index >= 15 is 0 Å². The summed E-state index contributed by atoms with van der Waals surface area (Å²) < 4.78 is 17.9. The molecule has 1 aromatic carbocycles. The number of hydrogen-bond donors (Lipinski definition) is 1. The Labute approximate surface area is 214 Å². The van der Waals surface area contributed by atoms with Crippen molar-refractivity contribution in [1.82, 2.24) is 0 Å². The number of methoxy groups -OCH3 is 2. The van der Waals surface area contributed by atoms with Crippen molar-refractivity contribution in [2.75, 3.05) is 20.8 Å². The van der Waals surface area contributed by atoms with Crippen molar-refractivity contribution in [3.05, 3.63) is 41.3 Å². The Balaban J connectivity index is 2.40. The standard InChI is InChI=1S/C28H48O4SSi/c1-21(2)34(22(3)4,23(5)6)32-19-17-26(33-25-15-10-9-11-16-25)28(29)18-13-12-14-24(28)20-27(30-7)31-8/h9-11,15-17,21-24,27,29H,12-14,18-20H2,1-8H3/t24-,28-/m1/s1. The number of ether oxygens (including phenoxy) is 2. The lowest BCUT2D eigenvalue weighted by Gasteiger charge is -2.43. The van der Waals surface area contributed by atoms with E-state index in [9.17, 15) is 5.11 Å². The minimum absolute atomic E-state index is 0.0795. The van der Waals surface area contributed by atoms with Gasteiger partial charge in [0.2, 0.25) is 8.32 Å². The minimum Gasteiger partial charge on any atom is -0.412 e. The summed E-state index contributed by atoms with van der Waals surface area (Å²) in [6.07, 6.45) is 6.42. The highest BCUT2D eigenvalue weighted by molar-refractivity contribution is 8.03. The molecule has 1 aromatic rings. The molecule has 0 aromatic heterocycles. The van der Waals surface area contributed by atoms with E-state index in [4.69, 9.17) is 13.9 Å². The molecule has 0 radical (unpaired) electrons. The molecule has 34 heavy (non-hydrogen) atoms. The molecule has 0 amide bonds. The van der Waals surface area contributed by atoms with E-state index in [2.05, 4.69) is 71.9 Å². The zero-order valence-electron chi connectivity index (χ0n) is 22.7. The van der Waals surface area contributed by atoms with E-state index in [1.165, 1.54) is 0 Å². The van der Waals surface area contributed by atoms with Gasteiger partial charge in [0.15, 0.2) is 6.29 Å². The molecule has 1 aliphatic carbocycles.